The Morgan fingerprint density at radius 1 is 0.885 bits per heavy atom. The molecule has 0 bridgehead atoms. The molecule has 25 nitrogen and oxygen atoms in total. The van der Waals surface area contributed by atoms with Crippen molar-refractivity contribution in [3.63, 3.8) is 0 Å². The van der Waals surface area contributed by atoms with E-state index in [1.54, 1.807) is 6.92 Å². The zero-order valence-corrected chi connectivity index (χ0v) is 35.2. The lowest BCUT2D eigenvalue weighted by atomic mass is 10.1. The van der Waals surface area contributed by atoms with Crippen LogP contribution in [0, 0.1) is 0 Å². The Balaban J connectivity index is 1.49. The standard InChI is InChI=1S/C30H28ClN9O16S5/c1-2-40(18-4-3-5-20(13-18)58(43,44)9-8-54-61(51,52)53)30-36-27(31)35-29(37-30)33-17-6-7-22(23(12-17)34-28(32)41)38-39-24-15-21-16(11-26(24)60(48,49)50)10-19(57-56-55-42)14-25(21)59(45,46)47/h3-7,10-15,42H,2,8-9H2,1H3,(H3,32,34,41)(H,45,46,47)(H,48,49,50)(H,51,52,53)(H,33,35,36,37). The van der Waals surface area contributed by atoms with Crippen molar-refractivity contribution in [3.8, 4) is 0 Å². The molecule has 0 saturated carbocycles. The van der Waals surface area contributed by atoms with Crippen LogP contribution in [0.3, 0.4) is 0 Å². The van der Waals surface area contributed by atoms with Gasteiger partial charge in [-0.15, -0.1) is 14.6 Å². The minimum Gasteiger partial charge on any atom is -0.351 e. The van der Waals surface area contributed by atoms with E-state index >= 15 is 0 Å². The SMILES string of the molecule is CCN(c1cccc(S(=O)(=O)CCOS(=O)(=O)O)c1)c1nc(Cl)nc(Nc2ccc(N=Nc3cc4c(S(=O)(=O)O)cc(SOOO)cc4cc3S(=O)(=O)O)c(NC(N)=O)c2)n1. The fraction of sp³-hybridized carbons (Fsp3) is 0.133. The van der Waals surface area contributed by atoms with Crippen LogP contribution in [0.1, 0.15) is 6.92 Å². The Kier molecular flexibility index (Phi) is 14.4. The molecule has 0 spiro atoms. The third-order valence-electron chi connectivity index (χ3n) is 7.69. The third kappa shape index (κ3) is 12.4. The van der Waals surface area contributed by atoms with Gasteiger partial charge in [0.2, 0.25) is 17.2 Å². The minimum atomic E-state index is -5.09. The van der Waals surface area contributed by atoms with Crippen LogP contribution < -0.4 is 21.3 Å². The number of azo groups is 1. The molecule has 0 aliphatic carbocycles. The van der Waals surface area contributed by atoms with Crippen molar-refractivity contribution in [2.75, 3.05) is 34.4 Å². The average molecular weight is 966 g/mol. The molecule has 5 aromatic rings. The normalized spacial score (nSPS) is 12.5. The number of urea groups is 1. The lowest BCUT2D eigenvalue weighted by molar-refractivity contribution is -0.432. The van der Waals surface area contributed by atoms with Gasteiger partial charge in [0.05, 0.1) is 35.0 Å². The van der Waals surface area contributed by atoms with Gasteiger partial charge in [0.25, 0.3) is 20.2 Å². The Morgan fingerprint density at radius 3 is 2.23 bits per heavy atom. The van der Waals surface area contributed by atoms with Gasteiger partial charge in [-0.2, -0.15) is 40.2 Å². The Labute approximate surface area is 354 Å². The quantitative estimate of drug-likeness (QED) is 0.0200. The highest BCUT2D eigenvalue weighted by atomic mass is 35.5. The van der Waals surface area contributed by atoms with Crippen LogP contribution in [-0.4, -0.2) is 92.5 Å². The van der Waals surface area contributed by atoms with Crippen molar-refractivity contribution >= 4 is 121 Å². The first-order chi connectivity index (χ1) is 28.5. The van der Waals surface area contributed by atoms with E-state index in [9.17, 15) is 47.6 Å². The number of rotatable bonds is 18. The summed E-state index contributed by atoms with van der Waals surface area (Å²) in [6.07, 6.45) is 0. The van der Waals surface area contributed by atoms with Gasteiger partial charge < -0.3 is 21.3 Å². The predicted molar refractivity (Wildman–Crippen MR) is 215 cm³/mol. The maximum atomic E-state index is 12.9. The van der Waals surface area contributed by atoms with Crippen molar-refractivity contribution in [2.45, 2.75) is 26.5 Å². The highest BCUT2D eigenvalue weighted by molar-refractivity contribution is 7.94. The summed E-state index contributed by atoms with van der Waals surface area (Å²) in [7, 11) is -19.1. The molecule has 31 heteroatoms. The monoisotopic (exact) mass is 965 g/mol. The highest BCUT2D eigenvalue weighted by Crippen LogP contribution is 2.38. The number of sulfone groups is 1. The van der Waals surface area contributed by atoms with Gasteiger partial charge in [-0.25, -0.2) is 22.7 Å². The molecule has 326 valence electrons. The van der Waals surface area contributed by atoms with Crippen molar-refractivity contribution in [1.82, 2.24) is 15.0 Å². The molecule has 1 heterocycles. The largest absolute Gasteiger partial charge is 0.397 e. The second kappa shape index (κ2) is 18.8. The van der Waals surface area contributed by atoms with E-state index in [1.165, 1.54) is 53.4 Å². The van der Waals surface area contributed by atoms with Crippen LogP contribution in [0.25, 0.3) is 10.8 Å². The molecule has 0 fully saturated rings. The van der Waals surface area contributed by atoms with Crippen LogP contribution in [-0.2, 0) is 54.0 Å². The molecular formula is C30H28ClN9O16S5. The molecule has 61 heavy (non-hydrogen) atoms. The number of nitrogens with two attached hydrogens (primary N) is 1. The van der Waals surface area contributed by atoms with Crippen molar-refractivity contribution in [1.29, 1.82) is 0 Å². The topological polar surface area (TPSA) is 379 Å². The van der Waals surface area contributed by atoms with E-state index in [4.69, 9.17) is 27.1 Å². The van der Waals surface area contributed by atoms with E-state index in [0.29, 0.717) is 12.0 Å². The van der Waals surface area contributed by atoms with Gasteiger partial charge in [-0.05, 0) is 84.6 Å². The van der Waals surface area contributed by atoms with Crippen molar-refractivity contribution in [2.24, 2.45) is 16.0 Å². The number of fused-ring (bicyclic) bond motifs is 1. The first-order valence-corrected chi connectivity index (χ1v) is 23.2. The number of nitrogens with zero attached hydrogens (tertiary/aromatic N) is 6. The summed E-state index contributed by atoms with van der Waals surface area (Å²) in [5.41, 5.74) is 4.86. The molecule has 0 atom stereocenters. The molecule has 1 aromatic heterocycles. The molecule has 0 radical (unpaired) electrons. The number of nitrogens with one attached hydrogen (secondary N) is 2. The van der Waals surface area contributed by atoms with Crippen molar-refractivity contribution in [3.05, 3.63) is 72.0 Å². The number of hydrogen-bond donors (Lipinski definition) is 7. The molecule has 5 rings (SSSR count). The number of anilines is 5. The number of primary amides is 1. The Hall–Kier alpha value is -5.22. The summed E-state index contributed by atoms with van der Waals surface area (Å²) in [6.45, 7) is 1.000. The first-order valence-electron chi connectivity index (χ1n) is 16.2. The zero-order chi connectivity index (χ0) is 44.9. The van der Waals surface area contributed by atoms with Gasteiger partial charge in [-0.1, -0.05) is 11.1 Å². The van der Waals surface area contributed by atoms with Gasteiger partial charge in [-0.3, -0.25) is 13.7 Å². The lowest BCUT2D eigenvalue weighted by Crippen LogP contribution is -2.21. The second-order valence-corrected chi connectivity index (χ2v) is 18.8. The minimum absolute atomic E-state index is 0.0696. The molecule has 0 aliphatic heterocycles. The molecule has 0 aliphatic rings. The number of carbonyl (C=O) groups is 1. The second-order valence-electron chi connectivity index (χ2n) is 11.7. The van der Waals surface area contributed by atoms with E-state index in [0.717, 1.165) is 18.2 Å². The third-order valence-corrected chi connectivity index (χ3v) is 12.3. The van der Waals surface area contributed by atoms with Crippen LogP contribution in [0.4, 0.5) is 45.1 Å². The molecule has 8 N–H and O–H groups in total. The Bertz CT molecular complexity index is 3000. The number of amides is 2. The number of carbonyl (C=O) groups excluding carboxylic acids is 1. The first kappa shape index (κ1) is 46.8. The maximum absolute atomic E-state index is 12.9. The molecule has 0 saturated heterocycles. The van der Waals surface area contributed by atoms with Gasteiger partial charge >= 0.3 is 16.4 Å². The van der Waals surface area contributed by atoms with Crippen LogP contribution in [0.5, 0.6) is 0 Å². The fourth-order valence-corrected chi connectivity index (χ4v) is 8.83. The molecule has 2 amide bonds. The molecule has 0 unspecified atom stereocenters. The Morgan fingerprint density at radius 2 is 1.59 bits per heavy atom. The summed E-state index contributed by atoms with van der Waals surface area (Å²) in [5.74, 6) is -1.02. The van der Waals surface area contributed by atoms with Crippen LogP contribution >= 0.6 is 23.6 Å². The lowest BCUT2D eigenvalue weighted by Gasteiger charge is -2.22. The van der Waals surface area contributed by atoms with Crippen LogP contribution in [0.2, 0.25) is 5.28 Å². The van der Waals surface area contributed by atoms with Crippen LogP contribution in [0.15, 0.2) is 96.5 Å². The smallest absolute Gasteiger partial charge is 0.351 e. The maximum Gasteiger partial charge on any atom is 0.397 e. The summed E-state index contributed by atoms with van der Waals surface area (Å²) in [4.78, 5) is 24.0. The number of hydrogen-bond acceptors (Lipinski definition) is 21. The zero-order valence-electron chi connectivity index (χ0n) is 30.3. The summed E-state index contributed by atoms with van der Waals surface area (Å²) in [5, 5.41) is 24.2. The van der Waals surface area contributed by atoms with Gasteiger partial charge in [0.1, 0.15) is 21.2 Å². The highest BCUT2D eigenvalue weighted by Gasteiger charge is 2.24. The number of halogens is 1. The van der Waals surface area contributed by atoms with Gasteiger partial charge in [0.15, 0.2) is 9.84 Å². The summed E-state index contributed by atoms with van der Waals surface area (Å²) >= 11 is 6.53. The van der Waals surface area contributed by atoms with Crippen molar-refractivity contribution < 1.29 is 70.9 Å². The van der Waals surface area contributed by atoms with E-state index in [2.05, 4.69) is 49.4 Å². The predicted octanol–water partition coefficient (Wildman–Crippen LogP) is 5.00. The summed E-state index contributed by atoms with van der Waals surface area (Å²) < 4.78 is 134. The fourth-order valence-electron chi connectivity index (χ4n) is 5.26. The van der Waals surface area contributed by atoms with E-state index in [-0.39, 0.29) is 67.0 Å². The number of aromatic nitrogens is 3. The van der Waals surface area contributed by atoms with E-state index < -0.39 is 74.3 Å². The molecular weight excluding hydrogens is 938 g/mol. The van der Waals surface area contributed by atoms with Gasteiger partial charge in [0, 0.05) is 28.2 Å². The van der Waals surface area contributed by atoms with E-state index in [1.807, 2.05) is 0 Å². The molecule has 4 aromatic carbocycles. The summed E-state index contributed by atoms with van der Waals surface area (Å²) in [6, 6.07) is 12.1. The number of benzene rings is 4. The average Bonchev–Trinajstić information content (AvgIpc) is 3.15.